The molecule has 1 atom stereocenters. The van der Waals surface area contributed by atoms with E-state index in [1.54, 1.807) is 18.2 Å². The molecule has 1 aliphatic rings. The number of likely N-dealkylation sites (tertiary alicyclic amines) is 1. The van der Waals surface area contributed by atoms with Gasteiger partial charge in [0, 0.05) is 13.0 Å². The summed E-state index contributed by atoms with van der Waals surface area (Å²) < 4.78 is 11.1. The third-order valence-electron chi connectivity index (χ3n) is 3.06. The lowest BCUT2D eigenvalue weighted by Gasteiger charge is -2.16. The molecule has 1 saturated heterocycles. The molecule has 1 aliphatic heterocycles. The molecule has 1 unspecified atom stereocenters. The summed E-state index contributed by atoms with van der Waals surface area (Å²) in [6.45, 7) is 0.776. The first kappa shape index (κ1) is 14.6. The molecule has 1 N–H and O–H groups in total. The number of rotatable bonds is 3. The van der Waals surface area contributed by atoms with E-state index in [-0.39, 0.29) is 6.10 Å². The van der Waals surface area contributed by atoms with Gasteiger partial charge in [-0.25, -0.2) is 9.59 Å². The predicted molar refractivity (Wildman–Crippen MR) is 74.1 cm³/mol. The minimum atomic E-state index is -0.946. The van der Waals surface area contributed by atoms with E-state index in [0.29, 0.717) is 35.3 Å². The van der Waals surface area contributed by atoms with Crippen molar-refractivity contribution in [2.24, 2.45) is 0 Å². The van der Waals surface area contributed by atoms with Crippen molar-refractivity contribution < 1.29 is 24.2 Å². The van der Waals surface area contributed by atoms with E-state index in [9.17, 15) is 9.59 Å². The van der Waals surface area contributed by atoms with Gasteiger partial charge in [0.2, 0.25) is 0 Å². The Balaban J connectivity index is 2.09. The second-order valence-corrected chi connectivity index (χ2v) is 5.25. The lowest BCUT2D eigenvalue weighted by molar-refractivity contribution is 0.0600. The summed E-state index contributed by atoms with van der Waals surface area (Å²) >= 11 is 3.35. The number of carboxylic acid groups (broad SMARTS) is 1. The Morgan fingerprint density at radius 3 is 2.80 bits per heavy atom. The number of esters is 1. The van der Waals surface area contributed by atoms with Crippen molar-refractivity contribution >= 4 is 28.0 Å². The van der Waals surface area contributed by atoms with Crippen molar-refractivity contribution in [1.29, 1.82) is 0 Å². The lowest BCUT2D eigenvalue weighted by atomic mass is 10.2. The second-order valence-electron chi connectivity index (χ2n) is 4.39. The number of benzene rings is 1. The van der Waals surface area contributed by atoms with Crippen molar-refractivity contribution in [2.75, 3.05) is 20.2 Å². The highest BCUT2D eigenvalue weighted by atomic mass is 79.9. The molecule has 6 nitrogen and oxygen atoms in total. The number of halogens is 1. The minimum Gasteiger partial charge on any atom is -0.487 e. The van der Waals surface area contributed by atoms with Crippen LogP contribution < -0.4 is 4.74 Å². The molecule has 1 fully saturated rings. The Bertz CT molecular complexity index is 533. The molecule has 108 valence electrons. The molecule has 0 radical (unpaired) electrons. The molecule has 2 rings (SSSR count). The van der Waals surface area contributed by atoms with E-state index in [1.807, 2.05) is 0 Å². The molecule has 0 saturated carbocycles. The third-order valence-corrected chi connectivity index (χ3v) is 3.72. The summed E-state index contributed by atoms with van der Waals surface area (Å²) in [5, 5.41) is 8.90. The fourth-order valence-electron chi connectivity index (χ4n) is 2.02. The third kappa shape index (κ3) is 3.22. The Morgan fingerprint density at radius 2 is 2.20 bits per heavy atom. The zero-order valence-electron chi connectivity index (χ0n) is 10.8. The standard InChI is InChI=1S/C13H14BrNO5/c1-19-12(16)8-2-3-10(14)11(6-8)20-9-4-5-15(7-9)13(17)18/h2-3,6,9H,4-5,7H2,1H3,(H,17,18). The van der Waals surface area contributed by atoms with Crippen molar-refractivity contribution in [3.05, 3.63) is 28.2 Å². The van der Waals surface area contributed by atoms with Gasteiger partial charge in [0.05, 0.1) is 23.7 Å². The monoisotopic (exact) mass is 343 g/mol. The quantitative estimate of drug-likeness (QED) is 0.852. The minimum absolute atomic E-state index is 0.213. The molecular formula is C13H14BrNO5. The first-order valence-electron chi connectivity index (χ1n) is 6.03. The number of methoxy groups -OCH3 is 1. The maximum absolute atomic E-state index is 11.5. The van der Waals surface area contributed by atoms with Gasteiger partial charge in [-0.15, -0.1) is 0 Å². The summed E-state index contributed by atoms with van der Waals surface area (Å²) in [5.41, 5.74) is 0.388. The van der Waals surface area contributed by atoms with E-state index >= 15 is 0 Å². The molecule has 0 aromatic heterocycles. The summed E-state index contributed by atoms with van der Waals surface area (Å²) in [7, 11) is 1.31. The van der Waals surface area contributed by atoms with E-state index in [2.05, 4.69) is 20.7 Å². The van der Waals surface area contributed by atoms with Crippen LogP contribution in [0, 0.1) is 0 Å². The molecule has 7 heteroatoms. The summed E-state index contributed by atoms with van der Waals surface area (Å²) in [4.78, 5) is 23.6. The smallest absolute Gasteiger partial charge is 0.407 e. The van der Waals surface area contributed by atoms with E-state index in [1.165, 1.54) is 12.0 Å². The first-order valence-corrected chi connectivity index (χ1v) is 6.83. The average Bonchev–Trinajstić information content (AvgIpc) is 2.89. The van der Waals surface area contributed by atoms with Gasteiger partial charge in [0.25, 0.3) is 0 Å². The van der Waals surface area contributed by atoms with Crippen LogP contribution >= 0.6 is 15.9 Å². The van der Waals surface area contributed by atoms with Gasteiger partial charge in [-0.3, -0.25) is 0 Å². The predicted octanol–water partition coefficient (Wildman–Crippen LogP) is 2.37. The second kappa shape index (κ2) is 6.13. The van der Waals surface area contributed by atoms with Gasteiger partial charge >= 0.3 is 12.1 Å². The van der Waals surface area contributed by atoms with Gasteiger partial charge in [0.15, 0.2) is 0 Å². The molecule has 0 spiro atoms. The largest absolute Gasteiger partial charge is 0.487 e. The fraction of sp³-hybridized carbons (Fsp3) is 0.385. The van der Waals surface area contributed by atoms with Crippen LogP contribution in [0.15, 0.2) is 22.7 Å². The average molecular weight is 344 g/mol. The maximum atomic E-state index is 11.5. The highest BCUT2D eigenvalue weighted by Gasteiger charge is 2.27. The molecular weight excluding hydrogens is 330 g/mol. The fourth-order valence-corrected chi connectivity index (χ4v) is 2.36. The van der Waals surface area contributed by atoms with Gasteiger partial charge < -0.3 is 19.5 Å². The molecule has 1 aromatic rings. The number of hydrogen-bond donors (Lipinski definition) is 1. The van der Waals surface area contributed by atoms with Gasteiger partial charge in [-0.05, 0) is 34.1 Å². The van der Waals surface area contributed by atoms with Gasteiger partial charge in [-0.1, -0.05) is 0 Å². The van der Waals surface area contributed by atoms with Crippen LogP contribution in [0.4, 0.5) is 4.79 Å². The summed E-state index contributed by atoms with van der Waals surface area (Å²) in [5.74, 6) is 0.0612. The zero-order valence-corrected chi connectivity index (χ0v) is 12.4. The van der Waals surface area contributed by atoms with Crippen molar-refractivity contribution in [3.63, 3.8) is 0 Å². The number of hydrogen-bond acceptors (Lipinski definition) is 4. The van der Waals surface area contributed by atoms with Crippen LogP contribution in [-0.2, 0) is 4.74 Å². The van der Waals surface area contributed by atoms with E-state index < -0.39 is 12.1 Å². The number of carbonyl (C=O) groups is 2. The van der Waals surface area contributed by atoms with Crippen molar-refractivity contribution in [3.8, 4) is 5.75 Å². The molecule has 0 bridgehead atoms. The molecule has 0 aliphatic carbocycles. The summed E-state index contributed by atoms with van der Waals surface area (Å²) in [6.07, 6.45) is -0.532. The Kier molecular flexibility index (Phi) is 4.49. The Morgan fingerprint density at radius 1 is 1.45 bits per heavy atom. The SMILES string of the molecule is COC(=O)c1ccc(Br)c(OC2CCN(C(=O)O)C2)c1. The Hall–Kier alpha value is -1.76. The maximum Gasteiger partial charge on any atom is 0.407 e. The highest BCUT2D eigenvalue weighted by molar-refractivity contribution is 9.10. The van der Waals surface area contributed by atoms with Crippen LogP contribution in [0.1, 0.15) is 16.8 Å². The van der Waals surface area contributed by atoms with Crippen molar-refractivity contribution in [1.82, 2.24) is 4.90 Å². The van der Waals surface area contributed by atoms with Gasteiger partial charge in [0.1, 0.15) is 11.9 Å². The lowest BCUT2D eigenvalue weighted by Crippen LogP contribution is -2.29. The van der Waals surface area contributed by atoms with Crippen molar-refractivity contribution in [2.45, 2.75) is 12.5 Å². The molecule has 1 amide bonds. The highest BCUT2D eigenvalue weighted by Crippen LogP contribution is 2.29. The first-order chi connectivity index (χ1) is 9.51. The van der Waals surface area contributed by atoms with E-state index in [4.69, 9.17) is 9.84 Å². The number of nitrogens with zero attached hydrogens (tertiary/aromatic N) is 1. The van der Waals surface area contributed by atoms with Crippen LogP contribution in [0.5, 0.6) is 5.75 Å². The molecule has 1 heterocycles. The molecule has 1 aromatic carbocycles. The van der Waals surface area contributed by atoms with E-state index in [0.717, 1.165) is 0 Å². The van der Waals surface area contributed by atoms with Crippen LogP contribution in [0.2, 0.25) is 0 Å². The van der Waals surface area contributed by atoms with Crippen LogP contribution in [0.3, 0.4) is 0 Å². The number of amides is 1. The van der Waals surface area contributed by atoms with Crippen LogP contribution in [0.25, 0.3) is 0 Å². The summed E-state index contributed by atoms with van der Waals surface area (Å²) in [6, 6.07) is 4.91. The number of carbonyl (C=O) groups excluding carboxylic acids is 1. The molecule has 20 heavy (non-hydrogen) atoms. The van der Waals surface area contributed by atoms with Gasteiger partial charge in [-0.2, -0.15) is 0 Å². The topological polar surface area (TPSA) is 76.1 Å². The number of ether oxygens (including phenoxy) is 2. The zero-order chi connectivity index (χ0) is 14.7. The Labute approximate surface area is 124 Å². The normalized spacial score (nSPS) is 17.9. The van der Waals surface area contributed by atoms with Crippen LogP contribution in [-0.4, -0.2) is 48.4 Å².